The Bertz CT molecular complexity index is 704. The number of benzene rings is 1. The molecule has 7 nitrogen and oxygen atoms in total. The van der Waals surface area contributed by atoms with Crippen molar-refractivity contribution in [2.45, 2.75) is 6.54 Å². The number of urea groups is 1. The molecule has 2 N–H and O–H groups in total. The van der Waals surface area contributed by atoms with Crippen LogP contribution in [0, 0.1) is 11.6 Å². The largest absolute Gasteiger partial charge is 0.465 e. The van der Waals surface area contributed by atoms with Crippen LogP contribution in [-0.4, -0.2) is 35.2 Å². The van der Waals surface area contributed by atoms with Crippen LogP contribution in [0.15, 0.2) is 30.9 Å². The smallest absolute Gasteiger partial charge is 0.340 e. The van der Waals surface area contributed by atoms with Gasteiger partial charge in [0.05, 0.1) is 24.7 Å². The number of nitrogens with one attached hydrogen (secondary N) is 2. The summed E-state index contributed by atoms with van der Waals surface area (Å²) in [6.45, 7) is 0.752. The third-order valence-corrected chi connectivity index (χ3v) is 2.92. The number of carbonyl (C=O) groups excluding carboxylic acids is 2. The van der Waals surface area contributed by atoms with Gasteiger partial charge in [-0.05, 0) is 6.07 Å². The molecular formula is C14H14F2N4O3. The summed E-state index contributed by atoms with van der Waals surface area (Å²) < 4.78 is 33.3. The molecule has 0 radical (unpaired) electrons. The number of hydrogen-bond acceptors (Lipinski definition) is 4. The van der Waals surface area contributed by atoms with Gasteiger partial charge in [-0.3, -0.25) is 0 Å². The first-order valence-electron chi connectivity index (χ1n) is 6.59. The summed E-state index contributed by atoms with van der Waals surface area (Å²) in [6, 6.07) is 0.700. The third-order valence-electron chi connectivity index (χ3n) is 2.92. The van der Waals surface area contributed by atoms with Gasteiger partial charge in [-0.2, -0.15) is 0 Å². The summed E-state index contributed by atoms with van der Waals surface area (Å²) in [5, 5.41) is 4.71. The average Bonchev–Trinajstić information content (AvgIpc) is 3.02. The van der Waals surface area contributed by atoms with E-state index in [9.17, 15) is 18.4 Å². The van der Waals surface area contributed by atoms with Gasteiger partial charge in [0.25, 0.3) is 0 Å². The molecule has 0 aliphatic carbocycles. The molecule has 0 unspecified atom stereocenters. The second kappa shape index (κ2) is 7.34. The quantitative estimate of drug-likeness (QED) is 0.821. The fourth-order valence-electron chi connectivity index (χ4n) is 1.80. The van der Waals surface area contributed by atoms with E-state index >= 15 is 0 Å². The van der Waals surface area contributed by atoms with Gasteiger partial charge in [-0.1, -0.05) is 0 Å². The molecule has 0 saturated heterocycles. The van der Waals surface area contributed by atoms with Crippen molar-refractivity contribution >= 4 is 17.7 Å². The molecule has 0 fully saturated rings. The molecule has 0 spiro atoms. The molecule has 0 aliphatic rings. The Hall–Kier alpha value is -2.97. The monoisotopic (exact) mass is 324 g/mol. The number of nitrogens with zero attached hydrogens (tertiary/aromatic N) is 2. The molecule has 0 atom stereocenters. The molecule has 2 amide bonds. The molecule has 2 aromatic rings. The second-order valence-electron chi connectivity index (χ2n) is 4.48. The summed E-state index contributed by atoms with van der Waals surface area (Å²) in [5.74, 6) is -3.04. The predicted molar refractivity (Wildman–Crippen MR) is 76.9 cm³/mol. The number of imidazole rings is 1. The second-order valence-corrected chi connectivity index (χ2v) is 4.48. The van der Waals surface area contributed by atoms with Gasteiger partial charge in [0.2, 0.25) is 0 Å². The zero-order valence-electron chi connectivity index (χ0n) is 12.2. The minimum atomic E-state index is -1.07. The van der Waals surface area contributed by atoms with Gasteiger partial charge in [0.1, 0.15) is 11.6 Å². The van der Waals surface area contributed by atoms with Crippen molar-refractivity contribution in [3.05, 3.63) is 48.1 Å². The van der Waals surface area contributed by atoms with Gasteiger partial charge in [0.15, 0.2) is 0 Å². The number of carbonyl (C=O) groups is 2. The van der Waals surface area contributed by atoms with Crippen LogP contribution in [0.25, 0.3) is 0 Å². The van der Waals surface area contributed by atoms with E-state index in [1.807, 2.05) is 0 Å². The molecule has 122 valence electrons. The molecular weight excluding hydrogens is 310 g/mol. The first-order chi connectivity index (χ1) is 11.0. The molecule has 2 rings (SSSR count). The number of anilines is 1. The number of hydrogen-bond donors (Lipinski definition) is 2. The van der Waals surface area contributed by atoms with Crippen LogP contribution in [-0.2, 0) is 11.3 Å². The highest BCUT2D eigenvalue weighted by Gasteiger charge is 2.17. The van der Waals surface area contributed by atoms with E-state index in [0.717, 1.165) is 13.2 Å². The van der Waals surface area contributed by atoms with Gasteiger partial charge in [-0.15, -0.1) is 0 Å². The van der Waals surface area contributed by atoms with E-state index in [0.29, 0.717) is 12.6 Å². The summed E-state index contributed by atoms with van der Waals surface area (Å²) >= 11 is 0. The summed E-state index contributed by atoms with van der Waals surface area (Å²) in [4.78, 5) is 26.9. The minimum Gasteiger partial charge on any atom is -0.465 e. The summed E-state index contributed by atoms with van der Waals surface area (Å²) in [7, 11) is 1.07. The Morgan fingerprint density at radius 2 is 2.09 bits per heavy atom. The summed E-state index contributed by atoms with van der Waals surface area (Å²) in [5.41, 5.74) is -0.797. The molecule has 0 saturated carbocycles. The Morgan fingerprint density at radius 1 is 1.30 bits per heavy atom. The Labute approximate surface area is 130 Å². The Morgan fingerprint density at radius 3 is 2.74 bits per heavy atom. The maximum absolute atomic E-state index is 13.7. The van der Waals surface area contributed by atoms with E-state index < -0.39 is 29.2 Å². The van der Waals surface area contributed by atoms with Gasteiger partial charge < -0.3 is 19.9 Å². The maximum atomic E-state index is 13.7. The van der Waals surface area contributed by atoms with E-state index in [1.54, 1.807) is 23.3 Å². The van der Waals surface area contributed by atoms with E-state index in [1.165, 1.54) is 0 Å². The van der Waals surface area contributed by atoms with Gasteiger partial charge >= 0.3 is 12.0 Å². The number of ether oxygens (including phenoxy) is 1. The van der Waals surface area contributed by atoms with Crippen LogP contribution in [0.3, 0.4) is 0 Å². The topological polar surface area (TPSA) is 85.2 Å². The van der Waals surface area contributed by atoms with Crippen LogP contribution in [0.2, 0.25) is 0 Å². The Balaban J connectivity index is 1.98. The van der Waals surface area contributed by atoms with Crippen molar-refractivity contribution in [3.63, 3.8) is 0 Å². The van der Waals surface area contributed by atoms with Gasteiger partial charge in [-0.25, -0.2) is 23.4 Å². The van der Waals surface area contributed by atoms with Crippen molar-refractivity contribution in [2.75, 3.05) is 19.0 Å². The molecule has 0 aliphatic heterocycles. The minimum absolute atomic E-state index is 0.273. The molecule has 9 heteroatoms. The Kier molecular flexibility index (Phi) is 5.23. The van der Waals surface area contributed by atoms with Crippen molar-refractivity contribution in [1.82, 2.24) is 14.9 Å². The van der Waals surface area contributed by atoms with Crippen molar-refractivity contribution in [3.8, 4) is 0 Å². The first kappa shape index (κ1) is 16.4. The van der Waals surface area contributed by atoms with Crippen LogP contribution < -0.4 is 10.6 Å². The highest BCUT2D eigenvalue weighted by Crippen LogP contribution is 2.20. The van der Waals surface area contributed by atoms with Crippen LogP contribution in [0.4, 0.5) is 19.3 Å². The maximum Gasteiger partial charge on any atom is 0.340 e. The number of halogens is 2. The van der Waals surface area contributed by atoms with Crippen LogP contribution in [0.1, 0.15) is 10.4 Å². The zero-order chi connectivity index (χ0) is 16.8. The lowest BCUT2D eigenvalue weighted by Crippen LogP contribution is -2.31. The lowest BCUT2D eigenvalue weighted by atomic mass is 10.2. The molecule has 1 aromatic carbocycles. The number of esters is 1. The molecule has 0 bridgehead atoms. The summed E-state index contributed by atoms with van der Waals surface area (Å²) in [6.07, 6.45) is 4.91. The zero-order valence-corrected chi connectivity index (χ0v) is 12.2. The first-order valence-corrected chi connectivity index (χ1v) is 6.59. The number of aromatic nitrogens is 2. The van der Waals surface area contributed by atoms with E-state index in [-0.39, 0.29) is 12.2 Å². The standard InChI is InChI=1S/C14H14F2N4O3/c1-23-13(21)9-6-12(11(16)7-10(9)15)19-14(22)18-3-5-20-4-2-17-8-20/h2,4,6-8H,3,5H2,1H3,(H2,18,19,22). The number of amides is 2. The number of methoxy groups -OCH3 is 1. The predicted octanol–water partition coefficient (Wildman–Crippen LogP) is 1.77. The fraction of sp³-hybridized carbons (Fsp3) is 0.214. The molecule has 23 heavy (non-hydrogen) atoms. The highest BCUT2D eigenvalue weighted by atomic mass is 19.1. The lowest BCUT2D eigenvalue weighted by Gasteiger charge is -2.10. The van der Waals surface area contributed by atoms with Gasteiger partial charge in [0, 0.05) is 31.5 Å². The van der Waals surface area contributed by atoms with Crippen LogP contribution in [0.5, 0.6) is 0 Å². The third kappa shape index (κ3) is 4.25. The van der Waals surface area contributed by atoms with Crippen molar-refractivity contribution in [2.24, 2.45) is 0 Å². The number of rotatable bonds is 5. The van der Waals surface area contributed by atoms with E-state index in [2.05, 4.69) is 20.4 Å². The molecule has 1 aromatic heterocycles. The lowest BCUT2D eigenvalue weighted by molar-refractivity contribution is 0.0595. The normalized spacial score (nSPS) is 10.2. The van der Waals surface area contributed by atoms with Crippen LogP contribution >= 0.6 is 0 Å². The fourth-order valence-corrected chi connectivity index (χ4v) is 1.80. The average molecular weight is 324 g/mol. The highest BCUT2D eigenvalue weighted by molar-refractivity contribution is 5.94. The van der Waals surface area contributed by atoms with Crippen molar-refractivity contribution < 1.29 is 23.1 Å². The molecule has 1 heterocycles. The van der Waals surface area contributed by atoms with Crippen molar-refractivity contribution in [1.29, 1.82) is 0 Å². The van der Waals surface area contributed by atoms with E-state index in [4.69, 9.17) is 0 Å². The SMILES string of the molecule is COC(=O)c1cc(NC(=O)NCCn2ccnc2)c(F)cc1F.